The third-order valence-electron chi connectivity index (χ3n) is 16.0. The van der Waals surface area contributed by atoms with Crippen molar-refractivity contribution in [2.24, 2.45) is 0 Å². The maximum atomic E-state index is 11.7. The van der Waals surface area contributed by atoms with Crippen molar-refractivity contribution in [3.63, 3.8) is 0 Å². The number of nitro benzene ring substituents is 4. The molecule has 3 aliphatic rings. The number of allylic oxidation sites excluding steroid dienone is 14. The Morgan fingerprint density at radius 2 is 1.10 bits per heavy atom. The first-order valence-electron chi connectivity index (χ1n) is 31.6. The molecule has 5 aromatic carbocycles. The van der Waals surface area contributed by atoms with Crippen molar-refractivity contribution >= 4 is 177 Å². The maximum absolute atomic E-state index is 11.7. The number of nitrogens with zero attached hydrogens (tertiary/aromatic N) is 4. The van der Waals surface area contributed by atoms with E-state index in [-0.39, 0.29) is 47.4 Å². The summed E-state index contributed by atoms with van der Waals surface area (Å²) in [5.41, 5.74) is 6.06. The van der Waals surface area contributed by atoms with Gasteiger partial charge in [0.2, 0.25) is 0 Å². The van der Waals surface area contributed by atoms with Crippen LogP contribution in [-0.2, 0) is 15.5 Å². The molecule has 0 saturated heterocycles. The molecule has 1 atom stereocenters. The highest BCUT2D eigenvalue weighted by atomic mass is 32.2. The molecule has 22 heteroatoms. The molecule has 17 nitrogen and oxygen atoms in total. The summed E-state index contributed by atoms with van der Waals surface area (Å²) in [6, 6.07) is 16.5. The molecule has 0 amide bonds. The van der Waals surface area contributed by atoms with E-state index in [0.717, 1.165) is 97.2 Å². The summed E-state index contributed by atoms with van der Waals surface area (Å²) in [6.45, 7) is 62.1. The molecule has 0 radical (unpaired) electrons. The number of hydrogen-bond acceptors (Lipinski definition) is 15. The van der Waals surface area contributed by atoms with Gasteiger partial charge in [-0.3, -0.25) is 44.7 Å². The Morgan fingerprint density at radius 1 is 0.632 bits per heavy atom. The average Bonchev–Trinajstić information content (AvgIpc) is 1.58. The summed E-state index contributed by atoms with van der Waals surface area (Å²) in [4.78, 5) is 50.3. The van der Waals surface area contributed by atoms with E-state index in [2.05, 4.69) is 109 Å². The molecule has 0 saturated carbocycles. The molecular formula is C84H92BN5O12S4. The second kappa shape index (κ2) is 42.7. The van der Waals surface area contributed by atoms with Crippen LogP contribution in [0.3, 0.4) is 0 Å². The van der Waals surface area contributed by atoms with E-state index < -0.39 is 27.8 Å². The fourth-order valence-electron chi connectivity index (χ4n) is 11.2. The lowest BCUT2D eigenvalue weighted by molar-refractivity contribution is -0.385. The molecule has 3 N–H and O–H groups in total. The van der Waals surface area contributed by atoms with Gasteiger partial charge < -0.3 is 19.8 Å². The Labute approximate surface area is 635 Å². The molecule has 9 rings (SSSR count). The highest BCUT2D eigenvalue weighted by Gasteiger charge is 2.26. The topological polar surface area (TPSA) is 255 Å². The zero-order chi connectivity index (χ0) is 78.1. The van der Waals surface area contributed by atoms with Crippen molar-refractivity contribution in [3.05, 3.63) is 337 Å². The van der Waals surface area contributed by atoms with Crippen molar-refractivity contribution in [1.82, 2.24) is 4.98 Å². The van der Waals surface area contributed by atoms with Crippen molar-refractivity contribution < 1.29 is 38.7 Å². The van der Waals surface area contributed by atoms with E-state index in [4.69, 9.17) is 14.8 Å². The van der Waals surface area contributed by atoms with Crippen molar-refractivity contribution in [2.75, 3.05) is 18.8 Å². The van der Waals surface area contributed by atoms with Gasteiger partial charge >= 0.3 is 7.12 Å². The van der Waals surface area contributed by atoms with Crippen LogP contribution in [-0.4, -0.2) is 64.8 Å². The number of hydrogen-bond donors (Lipinski definition) is 3. The third kappa shape index (κ3) is 21.4. The number of benzene rings is 5. The van der Waals surface area contributed by atoms with Crippen LogP contribution in [0, 0.1) is 47.4 Å². The van der Waals surface area contributed by atoms with Crippen LogP contribution >= 0.6 is 35.3 Å². The van der Waals surface area contributed by atoms with E-state index >= 15 is 0 Å². The van der Waals surface area contributed by atoms with Gasteiger partial charge in [0, 0.05) is 110 Å². The minimum absolute atomic E-state index is 0. The number of aromatic nitrogens is 1. The molecule has 106 heavy (non-hydrogen) atoms. The summed E-state index contributed by atoms with van der Waals surface area (Å²) in [6.07, 6.45) is 33.1. The second-order valence-corrected chi connectivity index (χ2v) is 26.6. The van der Waals surface area contributed by atoms with E-state index in [9.17, 15) is 44.7 Å². The van der Waals surface area contributed by atoms with Gasteiger partial charge in [-0.15, -0.1) is 23.5 Å². The predicted molar refractivity (Wildman–Crippen MR) is 461 cm³/mol. The Bertz CT molecular complexity index is 5570. The smallest absolute Gasteiger partial charge is 0.460 e. The van der Waals surface area contributed by atoms with Gasteiger partial charge in [-0.2, -0.15) is 0 Å². The average molecular weight is 1500 g/mol. The number of thioether (sulfide) groups is 3. The van der Waals surface area contributed by atoms with Gasteiger partial charge in [-0.1, -0.05) is 210 Å². The normalized spacial score (nSPS) is 13.3. The first kappa shape index (κ1) is 91.1. The van der Waals surface area contributed by atoms with E-state index in [1.807, 2.05) is 57.6 Å². The summed E-state index contributed by atoms with van der Waals surface area (Å²) < 4.78 is 17.7. The minimum Gasteiger partial charge on any atom is -0.460 e. The van der Waals surface area contributed by atoms with Crippen LogP contribution < -0.4 is 62.8 Å². The number of H-pyrrole nitrogens is 1. The highest BCUT2D eigenvalue weighted by molar-refractivity contribution is 8.11. The van der Waals surface area contributed by atoms with Gasteiger partial charge in [0.05, 0.1) is 36.4 Å². The summed E-state index contributed by atoms with van der Waals surface area (Å²) in [5.74, 6) is 1.90. The largest absolute Gasteiger partial charge is 0.489 e. The van der Waals surface area contributed by atoms with Gasteiger partial charge in [0.25, 0.3) is 22.7 Å². The monoisotopic (exact) mass is 1500 g/mol. The lowest BCUT2D eigenvalue weighted by Gasteiger charge is -2.17. The Kier molecular flexibility index (Phi) is 36.7. The molecule has 0 fully saturated rings. The lowest BCUT2D eigenvalue weighted by Crippen LogP contribution is -2.38. The van der Waals surface area contributed by atoms with Crippen LogP contribution in [0.25, 0.3) is 101 Å². The van der Waals surface area contributed by atoms with E-state index in [1.165, 1.54) is 82.2 Å². The third-order valence-corrected chi connectivity index (χ3v) is 19.6. The zero-order valence-electron chi connectivity index (χ0n) is 59.7. The fourth-order valence-corrected chi connectivity index (χ4v) is 13.8. The number of fused-ring (bicyclic) bond motifs is 1. The number of aromatic amines is 1. The van der Waals surface area contributed by atoms with Gasteiger partial charge in [-0.25, -0.2) is 0 Å². The standard InChI is InChI=1S/C16H17NO3S.C16H15NO2S.C16H17NO2S.C16H13NO.C11H11NO2.C7H11BO2S.2CH4/c1-6-8-14-11(3)9-10-15(17(18)19)16(14)13(7-2)12(4)21(5)20;1-5-7-12-11(4)20-14(6-2)15-10(3)8-9-13(16(12)15)17(18)19;1-6-8-14-11(3)9-10-15(17(18)19)16(14)13(7-2)12(4)20-5;1-3-12-14-9(2)7-8-11-16(14)15-10(17-11)5-4-6-13(15)18-12;1-4-5-10-8(2)6-7-11(9(10)3)12(13)14;1-4-6(8(9)10)7(5-2)11-3;;/h6-10H,1,3-4H2,2,5H3;5-9H,2-3H2,1,4H3;6-10H,1,3-4H2,2,5H3;3,5,7-8,17H,1-2,4,6H2;4-7H,1-2H2,3H3;4-5,9-10H,1-2H2,3H3;2*1H4/b13-7+,14-8+;7-5-;13-7+,14-8+;;10-5+;7-6-;;. The highest BCUT2D eigenvalue weighted by Crippen LogP contribution is 2.39. The molecule has 1 aromatic heterocycles. The SMILES string of the molecule is C.C.C=C/C(SC)=C(\C=C)B(O)O.C=C/C=c1/c(/C(=C/C)C(=C)S(C)=O)c([N+](=O)[O-])ccc1=C.C=C/C=c1/c(/C(=C/C)C(=C)SC)c([N+](=O)[O-])ccc1=C.C=C/C=c1/c(C)c([N+](=O)[O-])ccc1=C.C=CC1=c2c(=C)ccc3[nH]c4c(c23)=C(CCC=4)O1.C=CC1=c2c(c([N+](=O)[O-])ccc2=C)C(/C=C\C)=C(C)S1. The quantitative estimate of drug-likeness (QED) is 0.0278. The van der Waals surface area contributed by atoms with Crippen LogP contribution in [0.2, 0.25) is 0 Å². The number of nitrogens with one attached hydrogen (secondary N) is 1. The first-order valence-corrected chi connectivity index (χ1v) is 36.4. The van der Waals surface area contributed by atoms with E-state index in [1.54, 1.807) is 105 Å². The number of rotatable bonds is 20. The van der Waals surface area contributed by atoms with Crippen LogP contribution in [0.5, 0.6) is 0 Å². The molecule has 0 spiro atoms. The van der Waals surface area contributed by atoms with Crippen LogP contribution in [0.15, 0.2) is 212 Å². The molecule has 0 bridgehead atoms. The predicted octanol–water partition coefficient (Wildman–Crippen LogP) is 13.0. The Morgan fingerprint density at radius 3 is 1.53 bits per heavy atom. The fraction of sp³-hybridized carbons (Fsp3) is 0.143. The molecule has 2 aliphatic heterocycles. The van der Waals surface area contributed by atoms with Gasteiger partial charge in [-0.05, 0) is 153 Å². The summed E-state index contributed by atoms with van der Waals surface area (Å²) in [5, 5.41) is 73.7. The molecule has 6 aromatic rings. The molecule has 3 heterocycles. The Hall–Kier alpha value is -11.0. The lowest BCUT2D eigenvalue weighted by atomic mass is 9.79. The van der Waals surface area contributed by atoms with Crippen molar-refractivity contribution in [2.45, 2.75) is 62.3 Å². The molecule has 1 unspecified atom stereocenters. The van der Waals surface area contributed by atoms with Gasteiger partial charge in [0.15, 0.2) is 0 Å². The van der Waals surface area contributed by atoms with Gasteiger partial charge in [0.1, 0.15) is 11.5 Å². The van der Waals surface area contributed by atoms with E-state index in [0.29, 0.717) is 53.9 Å². The first-order chi connectivity index (χ1) is 49.4. The number of ether oxygens (including phenoxy) is 1. The summed E-state index contributed by atoms with van der Waals surface area (Å²) >= 11 is 4.44. The summed E-state index contributed by atoms with van der Waals surface area (Å²) in [7, 11) is -2.79. The zero-order valence-corrected chi connectivity index (χ0v) is 63.0. The minimum atomic E-state index is -1.46. The second-order valence-electron chi connectivity index (χ2n) is 22.2. The van der Waals surface area contributed by atoms with Crippen molar-refractivity contribution in [3.8, 4) is 0 Å². The van der Waals surface area contributed by atoms with Crippen LogP contribution in [0.1, 0.15) is 77.6 Å². The molecular weight excluding hydrogens is 1410 g/mol. The van der Waals surface area contributed by atoms with Crippen LogP contribution in [0.4, 0.5) is 22.7 Å². The Balaban J connectivity index is 0.000000435. The maximum Gasteiger partial charge on any atom is 0.489 e. The number of nitro groups is 4. The molecule has 552 valence electrons. The molecule has 1 aliphatic carbocycles. The van der Waals surface area contributed by atoms with Crippen molar-refractivity contribution in [1.29, 1.82) is 0 Å².